The molecule has 0 amide bonds. The lowest BCUT2D eigenvalue weighted by molar-refractivity contribution is 0.339. The molecular formula is C16H13FN2O2. The number of ether oxygens (including phenoxy) is 1. The van der Waals surface area contributed by atoms with Crippen molar-refractivity contribution in [2.75, 3.05) is 6.61 Å². The van der Waals surface area contributed by atoms with Crippen LogP contribution in [0.1, 0.15) is 6.92 Å². The van der Waals surface area contributed by atoms with Crippen molar-refractivity contribution in [1.29, 1.82) is 0 Å². The summed E-state index contributed by atoms with van der Waals surface area (Å²) in [5.74, 6) is 1.17. The van der Waals surface area contributed by atoms with Gasteiger partial charge in [0.25, 0.3) is 5.89 Å². The molecule has 3 aromatic rings. The summed E-state index contributed by atoms with van der Waals surface area (Å²) in [5.41, 5.74) is 1.43. The van der Waals surface area contributed by atoms with Gasteiger partial charge in [-0.25, -0.2) is 4.39 Å². The van der Waals surface area contributed by atoms with E-state index in [2.05, 4.69) is 10.1 Å². The van der Waals surface area contributed by atoms with Gasteiger partial charge in [0.1, 0.15) is 11.6 Å². The molecular weight excluding hydrogens is 271 g/mol. The highest BCUT2D eigenvalue weighted by molar-refractivity contribution is 5.65. The Hall–Kier alpha value is -2.69. The minimum absolute atomic E-state index is 0.302. The fourth-order valence-corrected chi connectivity index (χ4v) is 1.97. The molecule has 21 heavy (non-hydrogen) atoms. The van der Waals surface area contributed by atoms with Gasteiger partial charge in [0, 0.05) is 5.56 Å². The molecule has 0 saturated carbocycles. The maximum Gasteiger partial charge on any atom is 0.262 e. The summed E-state index contributed by atoms with van der Waals surface area (Å²) >= 11 is 0. The third kappa shape index (κ3) is 2.76. The number of halogens is 1. The molecule has 0 N–H and O–H groups in total. The first-order valence-electron chi connectivity index (χ1n) is 6.60. The molecule has 1 heterocycles. The minimum Gasteiger partial charge on any atom is -0.493 e. The van der Waals surface area contributed by atoms with Gasteiger partial charge in [-0.05, 0) is 43.3 Å². The number of nitrogens with zero attached hydrogens (tertiary/aromatic N) is 2. The van der Waals surface area contributed by atoms with E-state index in [-0.39, 0.29) is 5.82 Å². The second kappa shape index (κ2) is 5.75. The fraction of sp³-hybridized carbons (Fsp3) is 0.125. The summed E-state index contributed by atoms with van der Waals surface area (Å²) in [6.07, 6.45) is 0. The minimum atomic E-state index is -0.302. The smallest absolute Gasteiger partial charge is 0.262 e. The molecule has 0 spiro atoms. The predicted octanol–water partition coefficient (Wildman–Crippen LogP) is 3.94. The Morgan fingerprint density at radius 1 is 1.10 bits per heavy atom. The fourth-order valence-electron chi connectivity index (χ4n) is 1.97. The maximum absolute atomic E-state index is 12.9. The highest BCUT2D eigenvalue weighted by Crippen LogP contribution is 2.30. The summed E-state index contributed by atoms with van der Waals surface area (Å²) in [5, 5.41) is 3.93. The van der Waals surface area contributed by atoms with E-state index in [1.54, 1.807) is 12.1 Å². The van der Waals surface area contributed by atoms with Crippen LogP contribution in [0.25, 0.3) is 22.8 Å². The average Bonchev–Trinajstić information content (AvgIpc) is 2.99. The summed E-state index contributed by atoms with van der Waals surface area (Å²) in [7, 11) is 0. The van der Waals surface area contributed by atoms with Crippen LogP contribution in [-0.4, -0.2) is 16.7 Å². The molecule has 0 saturated heterocycles. The number of aromatic nitrogens is 2. The van der Waals surface area contributed by atoms with Crippen LogP contribution in [-0.2, 0) is 0 Å². The van der Waals surface area contributed by atoms with Crippen LogP contribution in [0.15, 0.2) is 53.1 Å². The Bertz CT molecular complexity index is 738. The number of hydrogen-bond donors (Lipinski definition) is 0. The number of hydrogen-bond acceptors (Lipinski definition) is 4. The molecule has 0 atom stereocenters. The Morgan fingerprint density at radius 2 is 1.86 bits per heavy atom. The zero-order valence-corrected chi connectivity index (χ0v) is 11.4. The zero-order chi connectivity index (χ0) is 14.7. The molecule has 0 bridgehead atoms. The molecule has 4 nitrogen and oxygen atoms in total. The van der Waals surface area contributed by atoms with Gasteiger partial charge in [0.15, 0.2) is 0 Å². The Balaban J connectivity index is 1.97. The van der Waals surface area contributed by atoms with Gasteiger partial charge in [0.2, 0.25) is 5.82 Å². The Morgan fingerprint density at radius 3 is 2.62 bits per heavy atom. The molecule has 0 radical (unpaired) electrons. The van der Waals surface area contributed by atoms with Crippen molar-refractivity contribution in [2.45, 2.75) is 6.92 Å². The predicted molar refractivity (Wildman–Crippen MR) is 76.3 cm³/mol. The number of para-hydroxylation sites is 1. The van der Waals surface area contributed by atoms with Crippen molar-refractivity contribution in [1.82, 2.24) is 10.1 Å². The van der Waals surface area contributed by atoms with E-state index in [9.17, 15) is 4.39 Å². The van der Waals surface area contributed by atoms with Crippen LogP contribution in [0.5, 0.6) is 5.75 Å². The molecule has 0 fully saturated rings. The lowest BCUT2D eigenvalue weighted by Gasteiger charge is -2.05. The molecule has 1 aromatic heterocycles. The van der Waals surface area contributed by atoms with Gasteiger partial charge in [0.05, 0.1) is 12.2 Å². The van der Waals surface area contributed by atoms with Crippen molar-refractivity contribution >= 4 is 0 Å². The lowest BCUT2D eigenvalue weighted by Crippen LogP contribution is -1.93. The van der Waals surface area contributed by atoms with E-state index in [0.717, 1.165) is 5.56 Å². The molecule has 0 unspecified atom stereocenters. The monoisotopic (exact) mass is 284 g/mol. The quantitative estimate of drug-likeness (QED) is 0.728. The molecule has 0 aliphatic rings. The van der Waals surface area contributed by atoms with E-state index in [0.29, 0.717) is 29.6 Å². The summed E-state index contributed by atoms with van der Waals surface area (Å²) < 4.78 is 23.8. The summed E-state index contributed by atoms with van der Waals surface area (Å²) in [6.45, 7) is 2.46. The van der Waals surface area contributed by atoms with Crippen LogP contribution in [0, 0.1) is 5.82 Å². The third-order valence-corrected chi connectivity index (χ3v) is 2.95. The number of rotatable bonds is 4. The number of benzene rings is 2. The van der Waals surface area contributed by atoms with E-state index in [1.165, 1.54) is 12.1 Å². The van der Waals surface area contributed by atoms with E-state index < -0.39 is 0 Å². The summed E-state index contributed by atoms with van der Waals surface area (Å²) in [4.78, 5) is 4.34. The zero-order valence-electron chi connectivity index (χ0n) is 11.4. The molecule has 2 aromatic carbocycles. The first-order valence-corrected chi connectivity index (χ1v) is 6.60. The highest BCUT2D eigenvalue weighted by Gasteiger charge is 2.14. The van der Waals surface area contributed by atoms with Crippen LogP contribution in [0.2, 0.25) is 0 Å². The van der Waals surface area contributed by atoms with Crippen LogP contribution in [0.4, 0.5) is 4.39 Å². The Kier molecular flexibility index (Phi) is 3.64. The van der Waals surface area contributed by atoms with Gasteiger partial charge in [-0.2, -0.15) is 4.98 Å². The van der Waals surface area contributed by atoms with Gasteiger partial charge in [-0.15, -0.1) is 0 Å². The van der Waals surface area contributed by atoms with Gasteiger partial charge in [-0.1, -0.05) is 17.3 Å². The second-order valence-corrected chi connectivity index (χ2v) is 4.36. The van der Waals surface area contributed by atoms with Crippen molar-refractivity contribution < 1.29 is 13.7 Å². The molecule has 0 aliphatic carbocycles. The first kappa shape index (κ1) is 13.3. The van der Waals surface area contributed by atoms with Crippen molar-refractivity contribution in [2.24, 2.45) is 0 Å². The van der Waals surface area contributed by atoms with Gasteiger partial charge in [-0.3, -0.25) is 0 Å². The third-order valence-electron chi connectivity index (χ3n) is 2.95. The Labute approximate surface area is 121 Å². The van der Waals surface area contributed by atoms with Gasteiger partial charge >= 0.3 is 0 Å². The van der Waals surface area contributed by atoms with Crippen molar-refractivity contribution in [3.05, 3.63) is 54.3 Å². The van der Waals surface area contributed by atoms with E-state index in [4.69, 9.17) is 9.26 Å². The van der Waals surface area contributed by atoms with Crippen LogP contribution < -0.4 is 4.74 Å². The maximum atomic E-state index is 12.9. The van der Waals surface area contributed by atoms with Crippen LogP contribution >= 0.6 is 0 Å². The van der Waals surface area contributed by atoms with Crippen molar-refractivity contribution in [3.8, 4) is 28.6 Å². The van der Waals surface area contributed by atoms with E-state index in [1.807, 2.05) is 31.2 Å². The molecule has 106 valence electrons. The molecule has 0 aliphatic heterocycles. The second-order valence-electron chi connectivity index (χ2n) is 4.36. The standard InChI is InChI=1S/C16H13FN2O2/c1-2-20-14-6-4-3-5-13(14)16-18-15(19-21-16)11-7-9-12(17)10-8-11/h3-10H,2H2,1H3. The molecule has 5 heteroatoms. The first-order chi connectivity index (χ1) is 10.3. The summed E-state index contributed by atoms with van der Waals surface area (Å²) in [6, 6.07) is 13.4. The van der Waals surface area contributed by atoms with E-state index >= 15 is 0 Å². The largest absolute Gasteiger partial charge is 0.493 e. The lowest BCUT2D eigenvalue weighted by atomic mass is 10.2. The van der Waals surface area contributed by atoms with Gasteiger partial charge < -0.3 is 9.26 Å². The average molecular weight is 284 g/mol. The topological polar surface area (TPSA) is 48.2 Å². The normalized spacial score (nSPS) is 10.6. The molecule has 3 rings (SSSR count). The van der Waals surface area contributed by atoms with Crippen molar-refractivity contribution in [3.63, 3.8) is 0 Å². The highest BCUT2D eigenvalue weighted by atomic mass is 19.1. The SMILES string of the molecule is CCOc1ccccc1-c1nc(-c2ccc(F)cc2)no1. The van der Waals surface area contributed by atoms with Crippen LogP contribution in [0.3, 0.4) is 0 Å².